The molecule has 1 atom stereocenters. The van der Waals surface area contributed by atoms with E-state index in [1.165, 1.54) is 4.90 Å². The minimum Gasteiger partial charge on any atom is -0.480 e. The van der Waals surface area contributed by atoms with Crippen molar-refractivity contribution in [3.63, 3.8) is 0 Å². The fourth-order valence-electron chi connectivity index (χ4n) is 1.91. The van der Waals surface area contributed by atoms with Gasteiger partial charge in [0.05, 0.1) is 6.54 Å². The van der Waals surface area contributed by atoms with Crippen LogP contribution in [-0.4, -0.2) is 59.5 Å². The Balaban J connectivity index is 2.50. The second-order valence-corrected chi connectivity index (χ2v) is 4.30. The van der Waals surface area contributed by atoms with Crippen molar-refractivity contribution in [1.29, 1.82) is 0 Å². The maximum Gasteiger partial charge on any atom is 0.327 e. The first kappa shape index (κ1) is 13.0. The molecule has 1 aliphatic heterocycles. The number of likely N-dealkylation sites (N-methyl/N-ethyl adjacent to an activating group) is 1. The summed E-state index contributed by atoms with van der Waals surface area (Å²) in [7, 11) is 1.56. The van der Waals surface area contributed by atoms with Crippen molar-refractivity contribution >= 4 is 11.9 Å². The highest BCUT2D eigenvalue weighted by Gasteiger charge is 2.33. The minimum atomic E-state index is -0.920. The van der Waals surface area contributed by atoms with E-state index in [1.54, 1.807) is 7.05 Å². The monoisotopic (exact) mass is 228 g/mol. The Hall–Kier alpha value is -1.10. The summed E-state index contributed by atoms with van der Waals surface area (Å²) < 4.78 is 0. The molecule has 0 bridgehead atoms. The van der Waals surface area contributed by atoms with Gasteiger partial charge in [-0.1, -0.05) is 19.8 Å². The molecule has 1 amide bonds. The highest BCUT2D eigenvalue weighted by atomic mass is 16.4. The van der Waals surface area contributed by atoms with Gasteiger partial charge in [0, 0.05) is 13.6 Å². The zero-order valence-electron chi connectivity index (χ0n) is 9.98. The van der Waals surface area contributed by atoms with Crippen molar-refractivity contribution in [3.05, 3.63) is 0 Å². The van der Waals surface area contributed by atoms with Crippen LogP contribution in [0.2, 0.25) is 0 Å². The number of unbranched alkanes of at least 4 members (excludes halogenated alkanes) is 2. The number of rotatable bonds is 5. The molecule has 1 heterocycles. The zero-order chi connectivity index (χ0) is 12.1. The van der Waals surface area contributed by atoms with Crippen molar-refractivity contribution in [3.8, 4) is 0 Å². The molecule has 0 aromatic rings. The molecule has 1 rings (SSSR count). The zero-order valence-corrected chi connectivity index (χ0v) is 9.98. The third-order valence-electron chi connectivity index (χ3n) is 3.01. The van der Waals surface area contributed by atoms with Crippen LogP contribution in [0.1, 0.15) is 26.2 Å². The van der Waals surface area contributed by atoms with Gasteiger partial charge in [0.15, 0.2) is 0 Å². The van der Waals surface area contributed by atoms with Crippen molar-refractivity contribution < 1.29 is 14.7 Å². The molecule has 5 heteroatoms. The third kappa shape index (κ3) is 3.20. The van der Waals surface area contributed by atoms with E-state index in [0.717, 1.165) is 25.8 Å². The fraction of sp³-hybridized carbons (Fsp3) is 0.818. The Labute approximate surface area is 96.0 Å². The van der Waals surface area contributed by atoms with E-state index in [2.05, 4.69) is 6.92 Å². The second-order valence-electron chi connectivity index (χ2n) is 4.30. The van der Waals surface area contributed by atoms with E-state index >= 15 is 0 Å². The molecule has 1 N–H and O–H groups in total. The number of hydrogen-bond acceptors (Lipinski definition) is 3. The van der Waals surface area contributed by atoms with Crippen LogP contribution < -0.4 is 0 Å². The lowest BCUT2D eigenvalue weighted by molar-refractivity contribution is -0.154. The topological polar surface area (TPSA) is 60.9 Å². The van der Waals surface area contributed by atoms with Gasteiger partial charge in [0.25, 0.3) is 0 Å². The predicted octanol–water partition coefficient (Wildman–Crippen LogP) is 0.404. The Bertz CT molecular complexity index is 268. The minimum absolute atomic E-state index is 0.102. The third-order valence-corrected chi connectivity index (χ3v) is 3.01. The Morgan fingerprint density at radius 1 is 1.50 bits per heavy atom. The Morgan fingerprint density at radius 3 is 2.75 bits per heavy atom. The number of nitrogens with zero attached hydrogens (tertiary/aromatic N) is 2. The van der Waals surface area contributed by atoms with E-state index in [0.29, 0.717) is 13.1 Å². The second kappa shape index (κ2) is 5.84. The van der Waals surface area contributed by atoms with Gasteiger partial charge in [-0.15, -0.1) is 0 Å². The number of hydrogen-bond donors (Lipinski definition) is 1. The van der Waals surface area contributed by atoms with E-state index in [4.69, 9.17) is 5.11 Å². The number of amides is 1. The summed E-state index contributed by atoms with van der Waals surface area (Å²) >= 11 is 0. The van der Waals surface area contributed by atoms with E-state index < -0.39 is 12.0 Å². The molecule has 0 aromatic heterocycles. The van der Waals surface area contributed by atoms with Gasteiger partial charge in [-0.25, -0.2) is 4.79 Å². The molecule has 0 radical (unpaired) electrons. The highest BCUT2D eigenvalue weighted by Crippen LogP contribution is 2.10. The van der Waals surface area contributed by atoms with Crippen molar-refractivity contribution in [2.45, 2.75) is 32.2 Å². The van der Waals surface area contributed by atoms with Gasteiger partial charge in [-0.05, 0) is 13.0 Å². The van der Waals surface area contributed by atoms with Gasteiger partial charge in [-0.3, -0.25) is 9.69 Å². The highest BCUT2D eigenvalue weighted by molar-refractivity contribution is 5.86. The standard InChI is InChI=1S/C11H20N2O3/c1-3-4-5-6-13-7-9(11(15)16)12(2)10(14)8-13/h9H,3-8H2,1-2H3,(H,15,16). The van der Waals surface area contributed by atoms with Crippen LogP contribution in [0.4, 0.5) is 0 Å². The smallest absolute Gasteiger partial charge is 0.327 e. The predicted molar refractivity (Wildman–Crippen MR) is 60.2 cm³/mol. The van der Waals surface area contributed by atoms with Gasteiger partial charge < -0.3 is 10.0 Å². The van der Waals surface area contributed by atoms with Crippen molar-refractivity contribution in [2.75, 3.05) is 26.7 Å². The number of carboxylic acid groups (broad SMARTS) is 1. The Kier molecular flexibility index (Phi) is 4.73. The van der Waals surface area contributed by atoms with E-state index in [-0.39, 0.29) is 5.91 Å². The molecule has 5 nitrogen and oxygen atoms in total. The lowest BCUT2D eigenvalue weighted by atomic mass is 10.1. The maximum atomic E-state index is 11.6. The quantitative estimate of drug-likeness (QED) is 0.692. The van der Waals surface area contributed by atoms with Crippen LogP contribution in [0, 0.1) is 0 Å². The number of piperazine rings is 1. The first-order valence-corrected chi connectivity index (χ1v) is 5.77. The molecule has 16 heavy (non-hydrogen) atoms. The lowest BCUT2D eigenvalue weighted by Gasteiger charge is -2.36. The van der Waals surface area contributed by atoms with Crippen LogP contribution in [-0.2, 0) is 9.59 Å². The molecule has 1 fully saturated rings. The lowest BCUT2D eigenvalue weighted by Crippen LogP contribution is -2.57. The normalized spacial score (nSPS) is 22.5. The van der Waals surface area contributed by atoms with Crippen LogP contribution in [0.25, 0.3) is 0 Å². The summed E-state index contributed by atoms with van der Waals surface area (Å²) in [5.74, 6) is -1.02. The molecular weight excluding hydrogens is 208 g/mol. The molecule has 1 unspecified atom stereocenters. The Morgan fingerprint density at radius 2 is 2.19 bits per heavy atom. The first-order chi connectivity index (χ1) is 7.56. The molecule has 0 saturated carbocycles. The van der Waals surface area contributed by atoms with Crippen LogP contribution in [0.3, 0.4) is 0 Å². The van der Waals surface area contributed by atoms with Gasteiger partial charge in [0.1, 0.15) is 6.04 Å². The molecular formula is C11H20N2O3. The van der Waals surface area contributed by atoms with Gasteiger partial charge in [0.2, 0.25) is 5.91 Å². The summed E-state index contributed by atoms with van der Waals surface area (Å²) in [4.78, 5) is 25.8. The van der Waals surface area contributed by atoms with Crippen LogP contribution >= 0.6 is 0 Å². The van der Waals surface area contributed by atoms with E-state index in [9.17, 15) is 9.59 Å². The van der Waals surface area contributed by atoms with Crippen LogP contribution in [0.5, 0.6) is 0 Å². The van der Waals surface area contributed by atoms with Crippen molar-refractivity contribution in [1.82, 2.24) is 9.80 Å². The summed E-state index contributed by atoms with van der Waals surface area (Å²) in [5, 5.41) is 9.00. The SMILES string of the molecule is CCCCCN1CC(=O)N(C)C(C(=O)O)C1. The summed E-state index contributed by atoms with van der Waals surface area (Å²) in [6.45, 7) is 3.73. The van der Waals surface area contributed by atoms with Gasteiger partial charge in [-0.2, -0.15) is 0 Å². The number of carbonyl (C=O) groups excluding carboxylic acids is 1. The summed E-state index contributed by atoms with van der Waals surface area (Å²) in [6, 6.07) is -0.692. The average molecular weight is 228 g/mol. The molecule has 0 aromatic carbocycles. The number of carboxylic acids is 1. The molecule has 92 valence electrons. The average Bonchev–Trinajstić information content (AvgIpc) is 2.23. The summed E-state index contributed by atoms with van der Waals surface area (Å²) in [5.41, 5.74) is 0. The maximum absolute atomic E-state index is 11.6. The van der Waals surface area contributed by atoms with Crippen molar-refractivity contribution in [2.24, 2.45) is 0 Å². The van der Waals surface area contributed by atoms with Gasteiger partial charge >= 0.3 is 5.97 Å². The molecule has 1 aliphatic rings. The molecule has 0 spiro atoms. The first-order valence-electron chi connectivity index (χ1n) is 5.77. The summed E-state index contributed by atoms with van der Waals surface area (Å²) in [6.07, 6.45) is 3.28. The molecule has 1 saturated heterocycles. The largest absolute Gasteiger partial charge is 0.480 e. The fourth-order valence-corrected chi connectivity index (χ4v) is 1.91. The molecule has 0 aliphatic carbocycles. The number of aliphatic carboxylic acids is 1. The van der Waals surface area contributed by atoms with E-state index in [1.807, 2.05) is 4.90 Å². The number of carbonyl (C=O) groups is 2. The van der Waals surface area contributed by atoms with Crippen LogP contribution in [0.15, 0.2) is 0 Å².